The Labute approximate surface area is 133 Å². The minimum atomic E-state index is -0.136. The van der Waals surface area contributed by atoms with E-state index in [-0.39, 0.29) is 13.2 Å². The number of benzene rings is 3. The highest BCUT2D eigenvalue weighted by molar-refractivity contribution is 6.13. The number of rotatable bonds is 3. The first kappa shape index (κ1) is 14.0. The smallest absolute Gasteiger partial charge is 0.136 e. The molecule has 4 rings (SSSR count). The molecule has 0 aliphatic heterocycles. The molecule has 0 aliphatic carbocycles. The van der Waals surface area contributed by atoms with Crippen LogP contribution in [0.3, 0.4) is 0 Å². The average Bonchev–Trinajstić information content (AvgIpc) is 2.98. The third kappa shape index (κ3) is 2.13. The Bertz CT molecular complexity index is 984. The minimum absolute atomic E-state index is 0.129. The molecule has 0 spiro atoms. The number of para-hydroxylation sites is 1. The van der Waals surface area contributed by atoms with Gasteiger partial charge in [-0.1, -0.05) is 48.5 Å². The Kier molecular flexibility index (Phi) is 3.37. The average molecular weight is 304 g/mol. The molecule has 0 aliphatic rings. The summed E-state index contributed by atoms with van der Waals surface area (Å²) < 4.78 is 5.96. The van der Waals surface area contributed by atoms with Crippen LogP contribution in [0.4, 0.5) is 0 Å². The van der Waals surface area contributed by atoms with Crippen LogP contribution in [0.15, 0.2) is 65.1 Å². The molecule has 4 aromatic rings. The molecular formula is C20H16O3. The quantitative estimate of drug-likeness (QED) is 0.595. The lowest BCUT2D eigenvalue weighted by Gasteiger charge is -2.13. The summed E-state index contributed by atoms with van der Waals surface area (Å²) >= 11 is 0. The topological polar surface area (TPSA) is 53.6 Å². The largest absolute Gasteiger partial charge is 0.456 e. The standard InChI is InChI=1S/C20H16O3/c21-11-14-10-18-20(15-8-4-5-9-17(15)23-18)19(16(14)12-22)13-6-2-1-3-7-13/h1-10,21-22H,11-12H2. The summed E-state index contributed by atoms with van der Waals surface area (Å²) in [6, 6.07) is 19.6. The van der Waals surface area contributed by atoms with Gasteiger partial charge in [0.05, 0.1) is 13.2 Å². The van der Waals surface area contributed by atoms with E-state index >= 15 is 0 Å². The third-order valence-corrected chi connectivity index (χ3v) is 4.26. The predicted octanol–water partition coefficient (Wildman–Crippen LogP) is 4.24. The first-order valence-corrected chi connectivity index (χ1v) is 7.56. The van der Waals surface area contributed by atoms with Crippen molar-refractivity contribution in [2.45, 2.75) is 13.2 Å². The van der Waals surface area contributed by atoms with Crippen molar-refractivity contribution in [1.29, 1.82) is 0 Å². The molecule has 1 aromatic heterocycles. The van der Waals surface area contributed by atoms with Crippen molar-refractivity contribution in [2.24, 2.45) is 0 Å². The van der Waals surface area contributed by atoms with Gasteiger partial charge in [-0.2, -0.15) is 0 Å². The number of hydrogen-bond donors (Lipinski definition) is 2. The molecule has 3 heteroatoms. The van der Waals surface area contributed by atoms with Crippen LogP contribution in [0.2, 0.25) is 0 Å². The van der Waals surface area contributed by atoms with Crippen molar-refractivity contribution in [1.82, 2.24) is 0 Å². The zero-order chi connectivity index (χ0) is 15.8. The molecule has 0 unspecified atom stereocenters. The Morgan fingerprint density at radius 1 is 0.783 bits per heavy atom. The van der Waals surface area contributed by atoms with Gasteiger partial charge in [-0.05, 0) is 34.4 Å². The molecule has 0 fully saturated rings. The van der Waals surface area contributed by atoms with Crippen molar-refractivity contribution in [3.8, 4) is 11.1 Å². The first-order chi connectivity index (χ1) is 11.3. The van der Waals surface area contributed by atoms with E-state index in [9.17, 15) is 10.2 Å². The fourth-order valence-electron chi connectivity index (χ4n) is 3.23. The van der Waals surface area contributed by atoms with E-state index in [1.807, 2.05) is 60.7 Å². The van der Waals surface area contributed by atoms with Gasteiger partial charge in [0.1, 0.15) is 11.2 Å². The molecule has 3 aromatic carbocycles. The van der Waals surface area contributed by atoms with E-state index in [2.05, 4.69) is 0 Å². The highest BCUT2D eigenvalue weighted by atomic mass is 16.3. The van der Waals surface area contributed by atoms with Crippen molar-refractivity contribution in [3.63, 3.8) is 0 Å². The van der Waals surface area contributed by atoms with E-state index in [4.69, 9.17) is 4.42 Å². The predicted molar refractivity (Wildman–Crippen MR) is 91.0 cm³/mol. The summed E-state index contributed by atoms with van der Waals surface area (Å²) in [5.41, 5.74) is 4.91. The summed E-state index contributed by atoms with van der Waals surface area (Å²) in [7, 11) is 0. The van der Waals surface area contributed by atoms with Crippen molar-refractivity contribution in [3.05, 3.63) is 71.8 Å². The van der Waals surface area contributed by atoms with E-state index < -0.39 is 0 Å². The van der Waals surface area contributed by atoms with Crippen LogP contribution in [-0.4, -0.2) is 10.2 Å². The van der Waals surface area contributed by atoms with Gasteiger partial charge in [0, 0.05) is 10.8 Å². The lowest BCUT2D eigenvalue weighted by molar-refractivity contribution is 0.260. The first-order valence-electron chi connectivity index (χ1n) is 7.56. The molecule has 0 saturated carbocycles. The van der Waals surface area contributed by atoms with E-state index in [1.165, 1.54) is 0 Å². The second-order valence-electron chi connectivity index (χ2n) is 5.54. The maximum Gasteiger partial charge on any atom is 0.136 e. The molecule has 1 heterocycles. The summed E-state index contributed by atoms with van der Waals surface area (Å²) in [5.74, 6) is 0. The van der Waals surface area contributed by atoms with Gasteiger partial charge in [-0.15, -0.1) is 0 Å². The van der Waals surface area contributed by atoms with Gasteiger partial charge in [-0.3, -0.25) is 0 Å². The van der Waals surface area contributed by atoms with Crippen molar-refractivity contribution < 1.29 is 14.6 Å². The second-order valence-corrected chi connectivity index (χ2v) is 5.54. The van der Waals surface area contributed by atoms with Gasteiger partial charge in [0.2, 0.25) is 0 Å². The van der Waals surface area contributed by atoms with Crippen LogP contribution in [0.5, 0.6) is 0 Å². The third-order valence-electron chi connectivity index (χ3n) is 4.26. The van der Waals surface area contributed by atoms with Crippen LogP contribution in [0.25, 0.3) is 33.1 Å². The van der Waals surface area contributed by atoms with Gasteiger partial charge in [0.15, 0.2) is 0 Å². The van der Waals surface area contributed by atoms with Crippen LogP contribution < -0.4 is 0 Å². The molecule has 3 nitrogen and oxygen atoms in total. The summed E-state index contributed by atoms with van der Waals surface area (Å²) in [4.78, 5) is 0. The molecule has 0 bridgehead atoms. The lowest BCUT2D eigenvalue weighted by atomic mass is 9.91. The maximum absolute atomic E-state index is 9.92. The fourth-order valence-corrected chi connectivity index (χ4v) is 3.23. The molecule has 2 N–H and O–H groups in total. The number of aliphatic hydroxyl groups excluding tert-OH is 2. The molecule has 0 radical (unpaired) electrons. The minimum Gasteiger partial charge on any atom is -0.456 e. The zero-order valence-electron chi connectivity index (χ0n) is 12.5. The van der Waals surface area contributed by atoms with E-state index in [1.54, 1.807) is 0 Å². The van der Waals surface area contributed by atoms with Crippen molar-refractivity contribution in [2.75, 3.05) is 0 Å². The lowest BCUT2D eigenvalue weighted by Crippen LogP contribution is -1.98. The summed E-state index contributed by atoms with van der Waals surface area (Å²) in [5, 5.41) is 21.6. The highest BCUT2D eigenvalue weighted by Gasteiger charge is 2.19. The molecule has 0 atom stereocenters. The fraction of sp³-hybridized carbons (Fsp3) is 0.100. The van der Waals surface area contributed by atoms with Gasteiger partial charge in [0.25, 0.3) is 0 Å². The summed E-state index contributed by atoms with van der Waals surface area (Å²) in [6.07, 6.45) is 0. The maximum atomic E-state index is 9.92. The Morgan fingerprint density at radius 2 is 1.52 bits per heavy atom. The van der Waals surface area contributed by atoms with Crippen LogP contribution in [0.1, 0.15) is 11.1 Å². The number of furan rings is 1. The normalized spacial score (nSPS) is 11.4. The molecular weight excluding hydrogens is 288 g/mol. The van der Waals surface area contributed by atoms with Gasteiger partial charge in [-0.25, -0.2) is 0 Å². The van der Waals surface area contributed by atoms with Crippen LogP contribution >= 0.6 is 0 Å². The summed E-state index contributed by atoms with van der Waals surface area (Å²) in [6.45, 7) is -0.266. The number of fused-ring (bicyclic) bond motifs is 3. The molecule has 0 saturated heterocycles. The van der Waals surface area contributed by atoms with Crippen LogP contribution in [-0.2, 0) is 13.2 Å². The van der Waals surface area contributed by atoms with Gasteiger partial charge >= 0.3 is 0 Å². The Hall–Kier alpha value is -2.62. The SMILES string of the molecule is OCc1cc2oc3ccccc3c2c(-c2ccccc2)c1CO. The van der Waals surface area contributed by atoms with Crippen molar-refractivity contribution >= 4 is 21.9 Å². The molecule has 23 heavy (non-hydrogen) atoms. The zero-order valence-corrected chi connectivity index (χ0v) is 12.5. The molecule has 114 valence electrons. The van der Waals surface area contributed by atoms with E-state index in [0.717, 1.165) is 38.6 Å². The molecule has 0 amide bonds. The Balaban J connectivity index is 2.23. The van der Waals surface area contributed by atoms with E-state index in [0.29, 0.717) is 5.56 Å². The number of hydrogen-bond acceptors (Lipinski definition) is 3. The monoisotopic (exact) mass is 304 g/mol. The van der Waals surface area contributed by atoms with Gasteiger partial charge < -0.3 is 14.6 Å². The number of aliphatic hydroxyl groups is 2. The highest BCUT2D eigenvalue weighted by Crippen LogP contribution is 2.40. The Morgan fingerprint density at radius 3 is 2.26 bits per heavy atom. The van der Waals surface area contributed by atoms with Crippen LogP contribution in [0, 0.1) is 0 Å². The second kappa shape index (κ2) is 5.54.